The Hall–Kier alpha value is -2.08. The van der Waals surface area contributed by atoms with Crippen LogP contribution in [0.25, 0.3) is 0 Å². The molecular weight excluding hydrogens is 353 g/mol. The Morgan fingerprint density at radius 1 is 1.23 bits per heavy atom. The van der Waals surface area contributed by atoms with Crippen molar-refractivity contribution in [2.24, 2.45) is 0 Å². The second-order valence-electron chi connectivity index (χ2n) is 4.46. The lowest BCUT2D eigenvalue weighted by Gasteiger charge is -2.12. The molecule has 0 bridgehead atoms. The van der Waals surface area contributed by atoms with E-state index in [4.69, 9.17) is 9.47 Å². The fraction of sp³-hybridized carbons (Fsp3) is 0.188. The molecule has 0 aliphatic heterocycles. The minimum absolute atomic E-state index is 0.0817. The minimum Gasteiger partial charge on any atom is -0.493 e. The van der Waals surface area contributed by atoms with E-state index in [1.807, 2.05) is 0 Å². The number of ether oxygens (including phenoxy) is 2. The van der Waals surface area contributed by atoms with Crippen molar-refractivity contribution in [3.63, 3.8) is 0 Å². The fourth-order valence-corrected chi connectivity index (χ4v) is 2.33. The van der Waals surface area contributed by atoms with E-state index in [1.54, 1.807) is 30.3 Å². The molecule has 2 aromatic rings. The molecule has 22 heavy (non-hydrogen) atoms. The molecule has 1 amide bonds. The van der Waals surface area contributed by atoms with E-state index in [0.717, 1.165) is 0 Å². The molecule has 2 aromatic carbocycles. The van der Waals surface area contributed by atoms with E-state index >= 15 is 0 Å². The molecule has 0 atom stereocenters. The normalized spacial score (nSPS) is 10.2. The number of carbonyl (C=O) groups excluding carboxylic acids is 1. The van der Waals surface area contributed by atoms with Gasteiger partial charge in [0.1, 0.15) is 5.82 Å². The average Bonchev–Trinajstić information content (AvgIpc) is 2.52. The first kappa shape index (κ1) is 16.3. The maximum Gasteiger partial charge on any atom is 0.255 e. The third-order valence-corrected chi connectivity index (χ3v) is 3.60. The van der Waals surface area contributed by atoms with E-state index in [2.05, 4.69) is 21.2 Å². The van der Waals surface area contributed by atoms with Crippen LogP contribution in [0.2, 0.25) is 0 Å². The zero-order valence-corrected chi connectivity index (χ0v) is 13.7. The van der Waals surface area contributed by atoms with Crippen LogP contribution in [0, 0.1) is 5.82 Å². The molecule has 0 fully saturated rings. The summed E-state index contributed by atoms with van der Waals surface area (Å²) in [6.07, 6.45) is 0. The van der Waals surface area contributed by atoms with E-state index in [9.17, 15) is 9.18 Å². The van der Waals surface area contributed by atoms with Gasteiger partial charge in [0.2, 0.25) is 0 Å². The number of amides is 1. The number of hydrogen-bond acceptors (Lipinski definition) is 3. The standard InChI is InChI=1S/C16H15BrFNO3/c1-21-14-5-3-4-12(15(14)22-2)16(20)19-9-10-6-7-11(17)8-13(10)18/h3-8H,9H2,1-2H3,(H,19,20). The number of benzene rings is 2. The molecule has 0 radical (unpaired) electrons. The second kappa shape index (κ2) is 7.26. The van der Waals surface area contributed by atoms with Gasteiger partial charge in [-0.15, -0.1) is 0 Å². The summed E-state index contributed by atoms with van der Waals surface area (Å²) in [5.41, 5.74) is 0.734. The van der Waals surface area contributed by atoms with E-state index in [-0.39, 0.29) is 18.3 Å². The van der Waals surface area contributed by atoms with Gasteiger partial charge in [-0.3, -0.25) is 4.79 Å². The zero-order chi connectivity index (χ0) is 16.1. The van der Waals surface area contributed by atoms with Crippen molar-refractivity contribution in [2.45, 2.75) is 6.54 Å². The lowest BCUT2D eigenvalue weighted by atomic mass is 10.1. The van der Waals surface area contributed by atoms with Gasteiger partial charge in [-0.2, -0.15) is 0 Å². The molecule has 116 valence electrons. The second-order valence-corrected chi connectivity index (χ2v) is 5.38. The van der Waals surface area contributed by atoms with Gasteiger partial charge in [0.25, 0.3) is 5.91 Å². The Balaban J connectivity index is 2.16. The third-order valence-electron chi connectivity index (χ3n) is 3.10. The highest BCUT2D eigenvalue weighted by atomic mass is 79.9. The summed E-state index contributed by atoms with van der Waals surface area (Å²) in [6, 6.07) is 9.70. The largest absolute Gasteiger partial charge is 0.493 e. The van der Waals surface area contributed by atoms with Crippen molar-refractivity contribution in [2.75, 3.05) is 14.2 Å². The van der Waals surface area contributed by atoms with Crippen molar-refractivity contribution >= 4 is 21.8 Å². The SMILES string of the molecule is COc1cccc(C(=O)NCc2ccc(Br)cc2F)c1OC. The number of hydrogen-bond donors (Lipinski definition) is 1. The van der Waals surface area contributed by atoms with Crippen LogP contribution in [0.5, 0.6) is 11.5 Å². The molecule has 0 saturated carbocycles. The molecule has 0 aromatic heterocycles. The van der Waals surface area contributed by atoms with Gasteiger partial charge in [0, 0.05) is 16.6 Å². The Bertz CT molecular complexity index is 691. The lowest BCUT2D eigenvalue weighted by molar-refractivity contribution is 0.0947. The Labute approximate surface area is 136 Å². The van der Waals surface area contributed by atoms with Gasteiger partial charge >= 0.3 is 0 Å². The van der Waals surface area contributed by atoms with Crippen LogP contribution in [0.15, 0.2) is 40.9 Å². The first-order valence-electron chi connectivity index (χ1n) is 6.50. The van der Waals surface area contributed by atoms with Gasteiger partial charge < -0.3 is 14.8 Å². The number of methoxy groups -OCH3 is 2. The molecule has 0 saturated heterocycles. The summed E-state index contributed by atoms with van der Waals surface area (Å²) in [5, 5.41) is 2.67. The Morgan fingerprint density at radius 3 is 2.64 bits per heavy atom. The maximum atomic E-state index is 13.7. The van der Waals surface area contributed by atoms with Crippen molar-refractivity contribution in [3.05, 3.63) is 57.8 Å². The van der Waals surface area contributed by atoms with Crippen LogP contribution in [0.1, 0.15) is 15.9 Å². The summed E-state index contributed by atoms with van der Waals surface area (Å²) in [5.74, 6) is 0.0640. The van der Waals surface area contributed by atoms with Crippen molar-refractivity contribution in [1.29, 1.82) is 0 Å². The van der Waals surface area contributed by atoms with Crippen LogP contribution in [-0.2, 0) is 6.54 Å². The minimum atomic E-state index is -0.382. The van der Waals surface area contributed by atoms with Gasteiger partial charge in [0.15, 0.2) is 11.5 Å². The van der Waals surface area contributed by atoms with E-state index < -0.39 is 0 Å². The highest BCUT2D eigenvalue weighted by Crippen LogP contribution is 2.30. The van der Waals surface area contributed by atoms with Crippen molar-refractivity contribution in [1.82, 2.24) is 5.32 Å². The molecule has 4 nitrogen and oxygen atoms in total. The molecule has 0 aliphatic carbocycles. The zero-order valence-electron chi connectivity index (χ0n) is 12.2. The molecule has 6 heteroatoms. The first-order valence-corrected chi connectivity index (χ1v) is 7.29. The quantitative estimate of drug-likeness (QED) is 0.879. The number of para-hydroxylation sites is 1. The summed E-state index contributed by atoms with van der Waals surface area (Å²) in [4.78, 5) is 12.3. The van der Waals surface area contributed by atoms with Gasteiger partial charge in [-0.25, -0.2) is 4.39 Å². The third kappa shape index (κ3) is 3.57. The predicted octanol–water partition coefficient (Wildman–Crippen LogP) is 3.54. The van der Waals surface area contributed by atoms with Crippen molar-refractivity contribution < 1.29 is 18.7 Å². The van der Waals surface area contributed by atoms with Gasteiger partial charge in [-0.1, -0.05) is 28.1 Å². The Kier molecular flexibility index (Phi) is 5.38. The highest BCUT2D eigenvalue weighted by molar-refractivity contribution is 9.10. The average molecular weight is 368 g/mol. The lowest BCUT2D eigenvalue weighted by Crippen LogP contribution is -2.24. The molecule has 1 N–H and O–H groups in total. The summed E-state index contributed by atoms with van der Waals surface area (Å²) in [7, 11) is 2.96. The first-order chi connectivity index (χ1) is 10.6. The van der Waals surface area contributed by atoms with Crippen LogP contribution >= 0.6 is 15.9 Å². The Morgan fingerprint density at radius 2 is 2.00 bits per heavy atom. The van der Waals surface area contributed by atoms with Crippen LogP contribution in [0.4, 0.5) is 4.39 Å². The van der Waals surface area contributed by atoms with Gasteiger partial charge in [0.05, 0.1) is 19.8 Å². The monoisotopic (exact) mass is 367 g/mol. The number of nitrogens with one attached hydrogen (secondary N) is 1. The molecule has 0 spiro atoms. The molecular formula is C16H15BrFNO3. The van der Waals surface area contributed by atoms with Crippen LogP contribution in [0.3, 0.4) is 0 Å². The van der Waals surface area contributed by atoms with Gasteiger partial charge in [-0.05, 0) is 24.3 Å². The summed E-state index contributed by atoms with van der Waals surface area (Å²) >= 11 is 3.19. The summed E-state index contributed by atoms with van der Waals surface area (Å²) < 4.78 is 24.8. The van der Waals surface area contributed by atoms with E-state index in [1.165, 1.54) is 20.3 Å². The van der Waals surface area contributed by atoms with E-state index in [0.29, 0.717) is 27.1 Å². The number of rotatable bonds is 5. The molecule has 0 heterocycles. The predicted molar refractivity (Wildman–Crippen MR) is 84.8 cm³/mol. The smallest absolute Gasteiger partial charge is 0.255 e. The number of halogens is 2. The maximum absolute atomic E-state index is 13.7. The molecule has 0 aliphatic rings. The summed E-state index contributed by atoms with van der Waals surface area (Å²) in [6.45, 7) is 0.0817. The molecule has 2 rings (SSSR count). The molecule has 0 unspecified atom stereocenters. The highest BCUT2D eigenvalue weighted by Gasteiger charge is 2.16. The van der Waals surface area contributed by atoms with Crippen LogP contribution in [-0.4, -0.2) is 20.1 Å². The number of carbonyl (C=O) groups is 1. The topological polar surface area (TPSA) is 47.6 Å². The fourth-order valence-electron chi connectivity index (χ4n) is 2.00. The van der Waals surface area contributed by atoms with Crippen molar-refractivity contribution in [3.8, 4) is 11.5 Å². The van der Waals surface area contributed by atoms with Crippen LogP contribution < -0.4 is 14.8 Å².